The Morgan fingerprint density at radius 1 is 1.10 bits per heavy atom. The van der Waals surface area contributed by atoms with Crippen molar-refractivity contribution in [2.24, 2.45) is 5.16 Å². The normalized spacial score (nSPS) is 11.2. The van der Waals surface area contributed by atoms with E-state index >= 15 is 0 Å². The second-order valence-electron chi connectivity index (χ2n) is 6.36. The van der Waals surface area contributed by atoms with Crippen LogP contribution in [0.3, 0.4) is 0 Å². The molecule has 1 N–H and O–H groups in total. The Kier molecular flexibility index (Phi) is 7.37. The van der Waals surface area contributed by atoms with Gasteiger partial charge in [0.2, 0.25) is 0 Å². The van der Waals surface area contributed by atoms with E-state index in [-0.39, 0.29) is 18.7 Å². The number of hydrogen-bond acceptors (Lipinski definition) is 5. The number of benzene rings is 2. The first-order valence-electron chi connectivity index (χ1n) is 9.03. The van der Waals surface area contributed by atoms with Gasteiger partial charge < -0.3 is 14.8 Å². The lowest BCUT2D eigenvalue weighted by Gasteiger charge is -2.24. The van der Waals surface area contributed by atoms with Crippen molar-refractivity contribution in [3.63, 3.8) is 0 Å². The molecule has 0 aliphatic heterocycles. The van der Waals surface area contributed by atoms with Gasteiger partial charge in [-0.05, 0) is 48.2 Å². The van der Waals surface area contributed by atoms with E-state index in [4.69, 9.17) is 4.84 Å². The third kappa shape index (κ3) is 5.55. The van der Waals surface area contributed by atoms with E-state index in [1.165, 1.54) is 22.3 Å². The molecule has 6 nitrogen and oxygen atoms in total. The number of oxime groups is 1. The summed E-state index contributed by atoms with van der Waals surface area (Å²) in [6, 6.07) is 17.7. The summed E-state index contributed by atoms with van der Waals surface area (Å²) in [6.45, 7) is 1.69. The molecule has 154 valence electrons. The average Bonchev–Trinajstić information content (AvgIpc) is 3.28. The molecular weight excluding hydrogens is 468 g/mol. The summed E-state index contributed by atoms with van der Waals surface area (Å²) in [5.74, 6) is -1.50. The molecule has 0 unspecified atom stereocenters. The highest BCUT2D eigenvalue weighted by atomic mass is 79.9. The number of carboxylic acid groups (broad SMARTS) is 1. The SMILES string of the molecule is C/C(=N/OCC(=O)N(Cc1ccc(Br)cc1)c1ccccc1C(=O)O)c1cccs1. The molecule has 0 bridgehead atoms. The number of para-hydroxylation sites is 1. The van der Waals surface area contributed by atoms with Crippen molar-refractivity contribution in [2.75, 3.05) is 11.5 Å². The molecule has 30 heavy (non-hydrogen) atoms. The van der Waals surface area contributed by atoms with Crippen LogP contribution in [-0.2, 0) is 16.2 Å². The summed E-state index contributed by atoms with van der Waals surface area (Å²) in [4.78, 5) is 32.3. The summed E-state index contributed by atoms with van der Waals surface area (Å²) < 4.78 is 0.914. The van der Waals surface area contributed by atoms with E-state index in [9.17, 15) is 14.7 Å². The van der Waals surface area contributed by atoms with Gasteiger partial charge in [-0.15, -0.1) is 11.3 Å². The fourth-order valence-corrected chi connectivity index (χ4v) is 3.69. The zero-order chi connectivity index (χ0) is 21.5. The number of anilines is 1. The Balaban J connectivity index is 1.83. The van der Waals surface area contributed by atoms with Crippen molar-refractivity contribution < 1.29 is 19.5 Å². The number of halogens is 1. The summed E-state index contributed by atoms with van der Waals surface area (Å²) in [7, 11) is 0. The Hall–Kier alpha value is -2.97. The maximum Gasteiger partial charge on any atom is 0.337 e. The van der Waals surface area contributed by atoms with Crippen LogP contribution in [0.2, 0.25) is 0 Å². The molecule has 3 aromatic rings. The van der Waals surface area contributed by atoms with E-state index in [0.717, 1.165) is 14.9 Å². The van der Waals surface area contributed by atoms with Crippen molar-refractivity contribution in [1.29, 1.82) is 0 Å². The summed E-state index contributed by atoms with van der Waals surface area (Å²) >= 11 is 4.91. The van der Waals surface area contributed by atoms with Crippen LogP contribution < -0.4 is 4.90 Å². The van der Waals surface area contributed by atoms with Crippen molar-refractivity contribution in [3.05, 3.63) is 86.5 Å². The number of rotatable bonds is 8. The van der Waals surface area contributed by atoms with Crippen LogP contribution in [0.1, 0.15) is 27.7 Å². The van der Waals surface area contributed by atoms with Crippen molar-refractivity contribution >= 4 is 50.5 Å². The highest BCUT2D eigenvalue weighted by Crippen LogP contribution is 2.24. The Labute approximate surface area is 186 Å². The Morgan fingerprint density at radius 2 is 1.83 bits per heavy atom. The van der Waals surface area contributed by atoms with E-state index < -0.39 is 11.9 Å². The van der Waals surface area contributed by atoms with Gasteiger partial charge in [0.1, 0.15) is 0 Å². The van der Waals surface area contributed by atoms with E-state index in [1.807, 2.05) is 41.8 Å². The van der Waals surface area contributed by atoms with Crippen LogP contribution in [-0.4, -0.2) is 29.3 Å². The average molecular weight is 487 g/mol. The largest absolute Gasteiger partial charge is 0.478 e. The molecule has 0 aliphatic rings. The van der Waals surface area contributed by atoms with Gasteiger partial charge in [0.05, 0.1) is 28.4 Å². The Bertz CT molecular complexity index is 1050. The summed E-state index contributed by atoms with van der Waals surface area (Å²) in [5.41, 5.74) is 1.87. The van der Waals surface area contributed by atoms with Crippen molar-refractivity contribution in [1.82, 2.24) is 0 Å². The monoisotopic (exact) mass is 486 g/mol. The molecular formula is C22H19BrN2O4S. The van der Waals surface area contributed by atoms with E-state index in [2.05, 4.69) is 21.1 Å². The van der Waals surface area contributed by atoms with Crippen LogP contribution in [0.25, 0.3) is 0 Å². The smallest absolute Gasteiger partial charge is 0.337 e. The maximum atomic E-state index is 13.0. The summed E-state index contributed by atoms with van der Waals surface area (Å²) in [5, 5.41) is 15.5. The van der Waals surface area contributed by atoms with Crippen molar-refractivity contribution in [3.8, 4) is 0 Å². The predicted octanol–water partition coefficient (Wildman–Crippen LogP) is 5.18. The highest BCUT2D eigenvalue weighted by Gasteiger charge is 2.22. The molecule has 0 atom stereocenters. The number of carbonyl (C=O) groups is 2. The number of carboxylic acids is 1. The lowest BCUT2D eigenvalue weighted by atomic mass is 10.1. The number of amides is 1. The fourth-order valence-electron chi connectivity index (χ4n) is 2.76. The fraction of sp³-hybridized carbons (Fsp3) is 0.136. The molecule has 1 aromatic heterocycles. The molecule has 0 saturated heterocycles. The highest BCUT2D eigenvalue weighted by molar-refractivity contribution is 9.10. The number of nitrogens with zero attached hydrogens (tertiary/aromatic N) is 2. The van der Waals surface area contributed by atoms with E-state index in [0.29, 0.717) is 11.4 Å². The van der Waals surface area contributed by atoms with Gasteiger partial charge in [0, 0.05) is 4.47 Å². The zero-order valence-corrected chi connectivity index (χ0v) is 18.5. The summed E-state index contributed by atoms with van der Waals surface area (Å²) in [6.07, 6.45) is 0. The maximum absolute atomic E-state index is 13.0. The minimum absolute atomic E-state index is 0.0428. The molecule has 0 fully saturated rings. The second-order valence-corrected chi connectivity index (χ2v) is 8.22. The van der Waals surface area contributed by atoms with Gasteiger partial charge in [-0.2, -0.15) is 0 Å². The van der Waals surface area contributed by atoms with Gasteiger partial charge >= 0.3 is 5.97 Å². The topological polar surface area (TPSA) is 79.2 Å². The van der Waals surface area contributed by atoms with Gasteiger partial charge in [0.25, 0.3) is 5.91 Å². The van der Waals surface area contributed by atoms with Crippen LogP contribution in [0.5, 0.6) is 0 Å². The molecule has 0 aliphatic carbocycles. The molecule has 8 heteroatoms. The molecule has 1 heterocycles. The minimum atomic E-state index is -1.10. The van der Waals surface area contributed by atoms with E-state index in [1.54, 1.807) is 25.1 Å². The number of carbonyl (C=O) groups excluding carboxylic acids is 1. The zero-order valence-electron chi connectivity index (χ0n) is 16.1. The molecule has 0 radical (unpaired) electrons. The van der Waals surface area contributed by atoms with Gasteiger partial charge in [-0.3, -0.25) is 4.79 Å². The van der Waals surface area contributed by atoms with Crippen LogP contribution >= 0.6 is 27.3 Å². The van der Waals surface area contributed by atoms with Gasteiger partial charge in [0.15, 0.2) is 6.61 Å². The second kappa shape index (κ2) is 10.2. The minimum Gasteiger partial charge on any atom is -0.478 e. The quantitative estimate of drug-likeness (QED) is 0.351. The van der Waals surface area contributed by atoms with Gasteiger partial charge in [-0.1, -0.05) is 51.4 Å². The third-order valence-electron chi connectivity index (χ3n) is 4.25. The number of hydrogen-bond donors (Lipinski definition) is 1. The third-order valence-corrected chi connectivity index (χ3v) is 5.75. The molecule has 1 amide bonds. The van der Waals surface area contributed by atoms with Crippen LogP contribution in [0.15, 0.2) is 75.7 Å². The first-order valence-corrected chi connectivity index (χ1v) is 10.7. The molecule has 3 rings (SSSR count). The van der Waals surface area contributed by atoms with Crippen molar-refractivity contribution in [2.45, 2.75) is 13.5 Å². The first-order chi connectivity index (χ1) is 14.5. The standard InChI is InChI=1S/C22H19BrN2O4S/c1-15(20-7-4-12-30-20)24-29-14-21(26)25(13-16-8-10-17(23)11-9-16)19-6-3-2-5-18(19)22(27)28/h2-12H,13-14H2,1H3,(H,27,28)/b24-15-. The van der Waals surface area contributed by atoms with Crippen LogP contribution in [0.4, 0.5) is 5.69 Å². The molecule has 0 saturated carbocycles. The number of thiophene rings is 1. The Morgan fingerprint density at radius 3 is 2.50 bits per heavy atom. The molecule has 0 spiro atoms. The predicted molar refractivity (Wildman–Crippen MR) is 121 cm³/mol. The number of aromatic carboxylic acids is 1. The lowest BCUT2D eigenvalue weighted by molar-refractivity contribution is -0.123. The lowest BCUT2D eigenvalue weighted by Crippen LogP contribution is -2.34. The van der Waals surface area contributed by atoms with Gasteiger partial charge in [-0.25, -0.2) is 4.79 Å². The van der Waals surface area contributed by atoms with Crippen LogP contribution in [0, 0.1) is 0 Å². The molecule has 2 aromatic carbocycles. The first kappa shape index (κ1) is 21.7.